The molecule has 0 saturated carbocycles. The van der Waals surface area contributed by atoms with Crippen LogP contribution in [0.5, 0.6) is 11.5 Å². The van der Waals surface area contributed by atoms with E-state index in [0.717, 1.165) is 0 Å². The summed E-state index contributed by atoms with van der Waals surface area (Å²) in [6.45, 7) is 3.63. The predicted octanol–water partition coefficient (Wildman–Crippen LogP) is 0.686. The molecule has 1 aliphatic heterocycles. The second-order valence-corrected chi connectivity index (χ2v) is 6.54. The molecule has 1 aliphatic rings. The van der Waals surface area contributed by atoms with Crippen LogP contribution in [0.25, 0.3) is 0 Å². The van der Waals surface area contributed by atoms with E-state index in [1.165, 1.54) is 24.6 Å². The quantitative estimate of drug-likeness (QED) is 0.886. The van der Waals surface area contributed by atoms with Crippen molar-refractivity contribution in [3.8, 4) is 11.5 Å². The summed E-state index contributed by atoms with van der Waals surface area (Å²) < 4.78 is 37.4. The Kier molecular flexibility index (Phi) is 4.52. The number of ether oxygens (including phenoxy) is 2. The average molecular weight is 300 g/mol. The van der Waals surface area contributed by atoms with Crippen molar-refractivity contribution < 1.29 is 17.9 Å². The van der Waals surface area contributed by atoms with Crippen molar-refractivity contribution in [2.75, 3.05) is 33.9 Å². The smallest absolute Gasteiger partial charge is 0.247 e. The molecule has 0 radical (unpaired) electrons. The monoisotopic (exact) mass is 300 g/mol. The maximum absolute atomic E-state index is 12.8. The van der Waals surface area contributed by atoms with Crippen LogP contribution in [0.4, 0.5) is 0 Å². The van der Waals surface area contributed by atoms with Gasteiger partial charge in [-0.2, -0.15) is 4.31 Å². The van der Waals surface area contributed by atoms with Crippen LogP contribution in [-0.4, -0.2) is 52.6 Å². The molecule has 1 heterocycles. The maximum Gasteiger partial charge on any atom is 0.247 e. The van der Waals surface area contributed by atoms with Crippen molar-refractivity contribution >= 4 is 10.0 Å². The van der Waals surface area contributed by atoms with Gasteiger partial charge in [-0.25, -0.2) is 8.42 Å². The van der Waals surface area contributed by atoms with E-state index in [1.54, 1.807) is 12.1 Å². The summed E-state index contributed by atoms with van der Waals surface area (Å²) in [7, 11) is -0.632. The number of nitrogens with zero attached hydrogens (tertiary/aromatic N) is 1. The van der Waals surface area contributed by atoms with Crippen LogP contribution in [0.2, 0.25) is 0 Å². The molecule has 1 aromatic rings. The Morgan fingerprint density at radius 2 is 2.05 bits per heavy atom. The zero-order valence-electron chi connectivity index (χ0n) is 11.9. The summed E-state index contributed by atoms with van der Waals surface area (Å²) >= 11 is 0. The highest BCUT2D eigenvalue weighted by Crippen LogP contribution is 2.31. The van der Waals surface area contributed by atoms with E-state index in [-0.39, 0.29) is 10.9 Å². The Morgan fingerprint density at radius 3 is 2.65 bits per heavy atom. The topological polar surface area (TPSA) is 67.9 Å². The fourth-order valence-corrected chi connectivity index (χ4v) is 4.09. The second kappa shape index (κ2) is 5.99. The van der Waals surface area contributed by atoms with Gasteiger partial charge in [0.15, 0.2) is 0 Å². The van der Waals surface area contributed by atoms with Crippen molar-refractivity contribution in [1.82, 2.24) is 9.62 Å². The first kappa shape index (κ1) is 15.1. The molecule has 0 aliphatic carbocycles. The summed E-state index contributed by atoms with van der Waals surface area (Å²) in [5, 5.41) is 3.18. The molecular formula is C13H20N2O4S. The van der Waals surface area contributed by atoms with Crippen LogP contribution < -0.4 is 14.8 Å². The molecular weight excluding hydrogens is 280 g/mol. The summed E-state index contributed by atoms with van der Waals surface area (Å²) in [5.74, 6) is 0.823. The van der Waals surface area contributed by atoms with Gasteiger partial charge in [0.05, 0.1) is 14.2 Å². The van der Waals surface area contributed by atoms with Crippen molar-refractivity contribution in [2.45, 2.75) is 17.9 Å². The summed E-state index contributed by atoms with van der Waals surface area (Å²) in [5.41, 5.74) is 0. The Balaban J connectivity index is 2.47. The van der Waals surface area contributed by atoms with E-state index in [9.17, 15) is 8.42 Å². The van der Waals surface area contributed by atoms with Crippen LogP contribution in [-0.2, 0) is 10.0 Å². The highest BCUT2D eigenvalue weighted by Gasteiger charge is 2.33. The first-order valence-corrected chi connectivity index (χ1v) is 7.89. The second-order valence-electron chi connectivity index (χ2n) is 4.69. The van der Waals surface area contributed by atoms with Gasteiger partial charge in [0.1, 0.15) is 16.4 Å². The maximum atomic E-state index is 12.8. The highest BCUT2D eigenvalue weighted by atomic mass is 32.2. The third-order valence-corrected chi connectivity index (χ3v) is 5.43. The van der Waals surface area contributed by atoms with Crippen molar-refractivity contribution in [2.24, 2.45) is 0 Å². The fourth-order valence-electron chi connectivity index (χ4n) is 2.29. The molecule has 0 bridgehead atoms. The Bertz CT molecular complexity index is 574. The highest BCUT2D eigenvalue weighted by molar-refractivity contribution is 7.89. The molecule has 112 valence electrons. The van der Waals surface area contributed by atoms with Crippen LogP contribution in [0.1, 0.15) is 6.92 Å². The van der Waals surface area contributed by atoms with Crippen LogP contribution in [0.15, 0.2) is 23.1 Å². The van der Waals surface area contributed by atoms with Gasteiger partial charge in [0, 0.05) is 31.7 Å². The lowest BCUT2D eigenvalue weighted by Gasteiger charge is -2.33. The van der Waals surface area contributed by atoms with E-state index < -0.39 is 10.0 Å². The lowest BCUT2D eigenvalue weighted by molar-refractivity contribution is 0.282. The number of piperazine rings is 1. The SMILES string of the molecule is COc1ccc(OC)c(S(=O)(=O)N2CCNCC2C)c1. The van der Waals surface area contributed by atoms with Gasteiger partial charge < -0.3 is 14.8 Å². The normalized spacial score (nSPS) is 20.6. The van der Waals surface area contributed by atoms with Gasteiger partial charge in [-0.15, -0.1) is 0 Å². The van der Waals surface area contributed by atoms with Gasteiger partial charge in [-0.1, -0.05) is 0 Å². The number of hydrogen-bond acceptors (Lipinski definition) is 5. The first-order valence-electron chi connectivity index (χ1n) is 6.45. The first-order chi connectivity index (χ1) is 9.50. The summed E-state index contributed by atoms with van der Waals surface area (Å²) in [4.78, 5) is 0.146. The van der Waals surface area contributed by atoms with Gasteiger partial charge >= 0.3 is 0 Å². The van der Waals surface area contributed by atoms with Crippen LogP contribution in [0.3, 0.4) is 0 Å². The van der Waals surface area contributed by atoms with Crippen molar-refractivity contribution in [1.29, 1.82) is 0 Å². The van der Waals surface area contributed by atoms with Crippen molar-refractivity contribution in [3.05, 3.63) is 18.2 Å². The van der Waals surface area contributed by atoms with Gasteiger partial charge in [-0.05, 0) is 19.1 Å². The minimum absolute atomic E-state index is 0.0929. The molecule has 1 aromatic carbocycles. The number of nitrogens with one attached hydrogen (secondary N) is 1. The van der Waals surface area contributed by atoms with E-state index in [1.807, 2.05) is 6.92 Å². The van der Waals surface area contributed by atoms with E-state index in [0.29, 0.717) is 31.1 Å². The molecule has 20 heavy (non-hydrogen) atoms. The van der Waals surface area contributed by atoms with Gasteiger partial charge in [-0.3, -0.25) is 0 Å². The van der Waals surface area contributed by atoms with E-state index >= 15 is 0 Å². The molecule has 0 aromatic heterocycles. The number of methoxy groups -OCH3 is 2. The molecule has 1 fully saturated rings. The van der Waals surface area contributed by atoms with Gasteiger partial charge in [0.25, 0.3) is 0 Å². The molecule has 1 N–H and O–H groups in total. The number of sulfonamides is 1. The lowest BCUT2D eigenvalue weighted by Crippen LogP contribution is -2.52. The zero-order valence-corrected chi connectivity index (χ0v) is 12.7. The largest absolute Gasteiger partial charge is 0.497 e. The van der Waals surface area contributed by atoms with E-state index in [4.69, 9.17) is 9.47 Å². The Labute approximate surface area is 119 Å². The third-order valence-electron chi connectivity index (χ3n) is 3.40. The number of rotatable bonds is 4. The van der Waals surface area contributed by atoms with Crippen molar-refractivity contribution in [3.63, 3.8) is 0 Å². The summed E-state index contributed by atoms with van der Waals surface area (Å²) in [6.07, 6.45) is 0. The van der Waals surface area contributed by atoms with Crippen LogP contribution >= 0.6 is 0 Å². The lowest BCUT2D eigenvalue weighted by atomic mass is 10.3. The molecule has 7 heteroatoms. The molecule has 1 unspecified atom stereocenters. The Hall–Kier alpha value is -1.31. The fraction of sp³-hybridized carbons (Fsp3) is 0.538. The van der Waals surface area contributed by atoms with Gasteiger partial charge in [0.2, 0.25) is 10.0 Å². The standard InChI is InChI=1S/C13H20N2O4S/c1-10-9-14-6-7-15(10)20(16,17)13-8-11(18-2)4-5-12(13)19-3/h4-5,8,10,14H,6-7,9H2,1-3H3. The zero-order chi connectivity index (χ0) is 14.8. The molecule has 0 spiro atoms. The molecule has 2 rings (SSSR count). The molecule has 6 nitrogen and oxygen atoms in total. The summed E-state index contributed by atoms with van der Waals surface area (Å²) in [6, 6.07) is 4.70. The van der Waals surface area contributed by atoms with E-state index in [2.05, 4.69) is 5.32 Å². The molecule has 0 amide bonds. The third kappa shape index (κ3) is 2.74. The number of hydrogen-bond donors (Lipinski definition) is 1. The molecule has 1 saturated heterocycles. The number of benzene rings is 1. The van der Waals surface area contributed by atoms with Crippen LogP contribution in [0, 0.1) is 0 Å². The Morgan fingerprint density at radius 1 is 1.30 bits per heavy atom. The average Bonchev–Trinajstić information content (AvgIpc) is 2.46. The predicted molar refractivity (Wildman–Crippen MR) is 75.8 cm³/mol. The minimum atomic E-state index is -3.60. The minimum Gasteiger partial charge on any atom is -0.497 e. The molecule has 1 atom stereocenters.